The summed E-state index contributed by atoms with van der Waals surface area (Å²) in [6.45, 7) is 2.46. The Morgan fingerprint density at radius 3 is 2.43 bits per heavy atom. The third-order valence-corrected chi connectivity index (χ3v) is 5.57. The Morgan fingerprint density at radius 2 is 1.87 bits per heavy atom. The van der Waals surface area contributed by atoms with Crippen LogP contribution < -0.4 is 9.84 Å². The van der Waals surface area contributed by atoms with Crippen molar-refractivity contribution in [1.82, 2.24) is 0 Å². The monoisotopic (exact) mass is 335 g/mol. The molecule has 0 aliphatic heterocycles. The molecule has 1 aromatic carbocycles. The van der Waals surface area contributed by atoms with E-state index in [1.54, 1.807) is 24.3 Å². The van der Waals surface area contributed by atoms with Crippen LogP contribution in [0.15, 0.2) is 24.3 Å². The maximum Gasteiger partial charge on any atom is 0.164 e. The summed E-state index contributed by atoms with van der Waals surface area (Å²) in [4.78, 5) is 23.7. The second kappa shape index (κ2) is 8.96. The Bertz CT molecular complexity index is 520. The fourth-order valence-electron chi connectivity index (χ4n) is 2.81. The van der Waals surface area contributed by atoms with Gasteiger partial charge in [-0.25, -0.2) is 0 Å². The third-order valence-electron chi connectivity index (χ3n) is 4.03. The summed E-state index contributed by atoms with van der Waals surface area (Å²) in [6, 6.07) is 6.84. The molecule has 0 unspecified atom stereocenters. The molecular weight excluding hydrogens is 312 g/mol. The summed E-state index contributed by atoms with van der Waals surface area (Å²) in [5.41, 5.74) is 0.518. The molecule has 1 aliphatic carbocycles. The number of aliphatic carboxylic acids is 1. The first-order chi connectivity index (χ1) is 11.1. The minimum atomic E-state index is -1.14. The van der Waals surface area contributed by atoms with Gasteiger partial charge in [-0.15, -0.1) is 11.8 Å². The molecule has 0 saturated heterocycles. The molecule has 0 spiro atoms. The van der Waals surface area contributed by atoms with E-state index in [-0.39, 0.29) is 12.2 Å². The van der Waals surface area contributed by atoms with Gasteiger partial charge in [0.25, 0.3) is 0 Å². The maximum absolute atomic E-state index is 12.3. The second-order valence-corrected chi connectivity index (χ2v) is 7.30. The Balaban J connectivity index is 1.95. The molecule has 126 valence electrons. The highest BCUT2D eigenvalue weighted by atomic mass is 32.2. The van der Waals surface area contributed by atoms with Crippen molar-refractivity contribution < 1.29 is 19.4 Å². The van der Waals surface area contributed by atoms with Crippen LogP contribution in [0.2, 0.25) is 0 Å². The molecule has 0 amide bonds. The molecule has 0 heterocycles. The number of hydrogen-bond donors (Lipinski definition) is 0. The predicted molar refractivity (Wildman–Crippen MR) is 89.8 cm³/mol. The van der Waals surface area contributed by atoms with Crippen LogP contribution in [0.4, 0.5) is 0 Å². The average molecular weight is 335 g/mol. The lowest BCUT2D eigenvalue weighted by molar-refractivity contribution is -0.304. The summed E-state index contributed by atoms with van der Waals surface area (Å²) in [6.07, 6.45) is 5.56. The van der Waals surface area contributed by atoms with Crippen LogP contribution in [0.3, 0.4) is 0 Å². The zero-order valence-electron chi connectivity index (χ0n) is 13.5. The van der Waals surface area contributed by atoms with Crippen molar-refractivity contribution in [2.24, 2.45) is 0 Å². The summed E-state index contributed by atoms with van der Waals surface area (Å²) in [5.74, 6) is -0.595. The van der Waals surface area contributed by atoms with E-state index in [1.807, 2.05) is 6.92 Å². The summed E-state index contributed by atoms with van der Waals surface area (Å²) in [7, 11) is 0. The van der Waals surface area contributed by atoms with Crippen LogP contribution in [0, 0.1) is 0 Å². The Morgan fingerprint density at radius 1 is 1.22 bits per heavy atom. The maximum atomic E-state index is 12.3. The minimum absolute atomic E-state index is 0.0164. The highest BCUT2D eigenvalue weighted by Crippen LogP contribution is 2.32. The molecule has 23 heavy (non-hydrogen) atoms. The van der Waals surface area contributed by atoms with E-state index in [9.17, 15) is 14.7 Å². The standard InChI is InChI=1S/C18H24O4S/c1-2-22-14-10-8-13(9-11-14)16(19)12-17(18(20)21)23-15-6-4-3-5-7-15/h8-11,15,17H,2-7,12H2,1H3,(H,20,21)/p-1/t17-/m1/s1. The second-order valence-electron chi connectivity index (χ2n) is 5.79. The SMILES string of the molecule is CCOc1ccc(C(=O)C[C@@H](SC2CCCCC2)C(=O)[O-])cc1. The van der Waals surface area contributed by atoms with Crippen molar-refractivity contribution in [3.8, 4) is 5.75 Å². The molecule has 1 atom stereocenters. The van der Waals surface area contributed by atoms with Gasteiger partial charge in [-0.05, 0) is 44.0 Å². The molecule has 1 aromatic rings. The molecule has 2 rings (SSSR count). The van der Waals surface area contributed by atoms with Crippen LogP contribution in [0.25, 0.3) is 0 Å². The Kier molecular flexibility index (Phi) is 6.96. The highest BCUT2D eigenvalue weighted by molar-refractivity contribution is 8.01. The number of thioether (sulfide) groups is 1. The lowest BCUT2D eigenvalue weighted by Crippen LogP contribution is -2.36. The van der Waals surface area contributed by atoms with Crippen molar-refractivity contribution in [3.05, 3.63) is 29.8 Å². The number of carbonyl (C=O) groups is 2. The molecule has 0 N–H and O–H groups in total. The fraction of sp³-hybridized carbons (Fsp3) is 0.556. The summed E-state index contributed by atoms with van der Waals surface area (Å²) in [5, 5.41) is 10.9. The first-order valence-corrected chi connectivity index (χ1v) is 9.16. The van der Waals surface area contributed by atoms with E-state index in [0.717, 1.165) is 25.7 Å². The molecule has 1 fully saturated rings. The molecule has 4 nitrogen and oxygen atoms in total. The first-order valence-electron chi connectivity index (χ1n) is 8.22. The van der Waals surface area contributed by atoms with Crippen molar-refractivity contribution in [3.63, 3.8) is 0 Å². The van der Waals surface area contributed by atoms with E-state index >= 15 is 0 Å². The van der Waals surface area contributed by atoms with Crippen LogP contribution in [0.1, 0.15) is 55.8 Å². The van der Waals surface area contributed by atoms with E-state index in [0.29, 0.717) is 23.2 Å². The summed E-state index contributed by atoms with van der Waals surface area (Å²) < 4.78 is 5.34. The van der Waals surface area contributed by atoms with E-state index in [1.165, 1.54) is 18.2 Å². The van der Waals surface area contributed by atoms with Gasteiger partial charge in [-0.3, -0.25) is 4.79 Å². The number of carbonyl (C=O) groups excluding carboxylic acids is 2. The van der Waals surface area contributed by atoms with E-state index in [2.05, 4.69) is 0 Å². The van der Waals surface area contributed by atoms with Crippen molar-refractivity contribution in [1.29, 1.82) is 0 Å². The predicted octanol–water partition coefficient (Wildman–Crippen LogP) is 2.84. The third kappa shape index (κ3) is 5.57. The van der Waals surface area contributed by atoms with Crippen molar-refractivity contribution >= 4 is 23.5 Å². The van der Waals surface area contributed by atoms with Crippen LogP contribution in [-0.4, -0.2) is 28.9 Å². The molecule has 0 aromatic heterocycles. The quantitative estimate of drug-likeness (QED) is 0.683. The van der Waals surface area contributed by atoms with Gasteiger partial charge in [-0.1, -0.05) is 19.3 Å². The number of ether oxygens (including phenoxy) is 1. The number of Topliss-reactive ketones (excluding diaryl/α,β-unsaturated/α-hetero) is 1. The van der Waals surface area contributed by atoms with Gasteiger partial charge in [0.05, 0.1) is 17.8 Å². The lowest BCUT2D eigenvalue weighted by atomic mass is 10.0. The molecule has 5 heteroatoms. The Hall–Kier alpha value is -1.49. The summed E-state index contributed by atoms with van der Waals surface area (Å²) >= 11 is 1.40. The van der Waals surface area contributed by atoms with E-state index in [4.69, 9.17) is 4.74 Å². The Labute approximate surface area is 141 Å². The van der Waals surface area contributed by atoms with Gasteiger partial charge < -0.3 is 14.6 Å². The van der Waals surface area contributed by atoms with Crippen LogP contribution in [-0.2, 0) is 4.79 Å². The topological polar surface area (TPSA) is 66.4 Å². The van der Waals surface area contributed by atoms with Crippen molar-refractivity contribution in [2.45, 2.75) is 55.9 Å². The highest BCUT2D eigenvalue weighted by Gasteiger charge is 2.23. The van der Waals surface area contributed by atoms with Gasteiger partial charge in [-0.2, -0.15) is 0 Å². The smallest absolute Gasteiger partial charge is 0.164 e. The van der Waals surface area contributed by atoms with Crippen molar-refractivity contribution in [2.75, 3.05) is 6.61 Å². The van der Waals surface area contributed by atoms with Gasteiger partial charge in [0.1, 0.15) is 5.75 Å². The fourth-order valence-corrected chi connectivity index (χ4v) is 4.24. The zero-order chi connectivity index (χ0) is 16.7. The van der Waals surface area contributed by atoms with Gasteiger partial charge in [0, 0.05) is 17.2 Å². The van der Waals surface area contributed by atoms with E-state index < -0.39 is 11.2 Å². The number of ketones is 1. The normalized spacial score (nSPS) is 16.7. The molecule has 1 saturated carbocycles. The number of rotatable bonds is 8. The van der Waals surface area contributed by atoms with Crippen LogP contribution >= 0.6 is 11.8 Å². The van der Waals surface area contributed by atoms with Gasteiger partial charge in [0.15, 0.2) is 5.78 Å². The first kappa shape index (κ1) is 17.9. The van der Waals surface area contributed by atoms with Gasteiger partial charge in [0.2, 0.25) is 0 Å². The zero-order valence-corrected chi connectivity index (χ0v) is 14.3. The molecule has 0 bridgehead atoms. The minimum Gasteiger partial charge on any atom is -0.549 e. The number of benzene rings is 1. The van der Waals surface area contributed by atoms with Gasteiger partial charge >= 0.3 is 0 Å². The average Bonchev–Trinajstić information content (AvgIpc) is 2.56. The number of carboxylic acids is 1. The molecular formula is C18H23O4S-. The van der Waals surface area contributed by atoms with Crippen LogP contribution in [0.5, 0.6) is 5.75 Å². The lowest BCUT2D eigenvalue weighted by Gasteiger charge is -2.26. The number of carboxylic acid groups (broad SMARTS) is 1. The molecule has 0 radical (unpaired) electrons. The largest absolute Gasteiger partial charge is 0.549 e. The number of hydrogen-bond acceptors (Lipinski definition) is 5. The molecule has 1 aliphatic rings.